The van der Waals surface area contributed by atoms with E-state index in [0.29, 0.717) is 22.2 Å². The standard InChI is InChI=1S/C14H12Br2N4O2/c1-19-13-11(12(16)18-19)14(21)20(7-17-13)6-8-5-9(15)3-4-10(8)22-2/h3-5,7H,6H2,1-2H3. The van der Waals surface area contributed by atoms with Crippen LogP contribution in [0.15, 0.2) is 38.4 Å². The van der Waals surface area contributed by atoms with Crippen molar-refractivity contribution in [1.29, 1.82) is 0 Å². The van der Waals surface area contributed by atoms with Gasteiger partial charge in [-0.3, -0.25) is 9.36 Å². The van der Waals surface area contributed by atoms with Crippen molar-refractivity contribution < 1.29 is 4.74 Å². The quantitative estimate of drug-likeness (QED) is 0.644. The number of hydrogen-bond donors (Lipinski definition) is 0. The minimum absolute atomic E-state index is 0.146. The molecule has 0 N–H and O–H groups in total. The number of hydrogen-bond acceptors (Lipinski definition) is 4. The first-order chi connectivity index (χ1) is 10.5. The van der Waals surface area contributed by atoms with E-state index in [1.165, 1.54) is 6.33 Å². The van der Waals surface area contributed by atoms with Gasteiger partial charge in [-0.25, -0.2) is 9.67 Å². The van der Waals surface area contributed by atoms with E-state index in [2.05, 4.69) is 41.9 Å². The van der Waals surface area contributed by atoms with Crippen molar-refractivity contribution in [3.05, 3.63) is 49.5 Å². The van der Waals surface area contributed by atoms with Crippen LogP contribution >= 0.6 is 31.9 Å². The molecule has 0 radical (unpaired) electrons. The minimum atomic E-state index is -0.146. The smallest absolute Gasteiger partial charge is 0.265 e. The molecule has 0 atom stereocenters. The first kappa shape index (κ1) is 15.2. The molecule has 2 aromatic heterocycles. The number of fused-ring (bicyclic) bond motifs is 1. The highest BCUT2D eigenvalue weighted by atomic mass is 79.9. The number of rotatable bonds is 3. The molecule has 0 aliphatic rings. The van der Waals surface area contributed by atoms with Crippen LogP contribution in [0.3, 0.4) is 0 Å². The van der Waals surface area contributed by atoms with Gasteiger partial charge in [-0.1, -0.05) is 15.9 Å². The molecule has 0 unspecified atom stereocenters. The van der Waals surface area contributed by atoms with Crippen LogP contribution in [0, 0.1) is 0 Å². The van der Waals surface area contributed by atoms with Gasteiger partial charge in [0.2, 0.25) is 0 Å². The van der Waals surface area contributed by atoms with Crippen molar-refractivity contribution in [2.75, 3.05) is 7.11 Å². The Morgan fingerprint density at radius 1 is 1.32 bits per heavy atom. The Morgan fingerprint density at radius 3 is 2.82 bits per heavy atom. The number of methoxy groups -OCH3 is 1. The highest BCUT2D eigenvalue weighted by Crippen LogP contribution is 2.24. The Bertz CT molecular complexity index is 917. The summed E-state index contributed by atoms with van der Waals surface area (Å²) in [5.74, 6) is 0.723. The zero-order chi connectivity index (χ0) is 15.9. The lowest BCUT2D eigenvalue weighted by Gasteiger charge is -2.10. The molecule has 1 aromatic carbocycles. The molecular weight excluding hydrogens is 416 g/mol. The second-order valence-corrected chi connectivity index (χ2v) is 6.41. The van der Waals surface area contributed by atoms with Gasteiger partial charge in [-0.05, 0) is 34.1 Å². The molecule has 0 saturated carbocycles. The third-order valence-corrected chi connectivity index (χ3v) is 4.40. The Balaban J connectivity index is 2.12. The lowest BCUT2D eigenvalue weighted by Crippen LogP contribution is -2.21. The van der Waals surface area contributed by atoms with E-state index in [1.54, 1.807) is 23.4 Å². The van der Waals surface area contributed by atoms with Crippen molar-refractivity contribution >= 4 is 42.9 Å². The lowest BCUT2D eigenvalue weighted by molar-refractivity contribution is 0.408. The average molecular weight is 428 g/mol. The molecule has 114 valence electrons. The number of nitrogens with zero attached hydrogens (tertiary/aromatic N) is 4. The summed E-state index contributed by atoms with van der Waals surface area (Å²) >= 11 is 6.74. The summed E-state index contributed by atoms with van der Waals surface area (Å²) in [5, 5.41) is 4.64. The molecule has 22 heavy (non-hydrogen) atoms. The Labute approximate surface area is 143 Å². The molecule has 0 aliphatic carbocycles. The van der Waals surface area contributed by atoms with E-state index < -0.39 is 0 Å². The fourth-order valence-electron chi connectivity index (χ4n) is 2.30. The second kappa shape index (κ2) is 5.85. The van der Waals surface area contributed by atoms with E-state index in [0.717, 1.165) is 15.8 Å². The van der Waals surface area contributed by atoms with Crippen molar-refractivity contribution in [2.24, 2.45) is 7.05 Å². The first-order valence-electron chi connectivity index (χ1n) is 6.41. The van der Waals surface area contributed by atoms with E-state index >= 15 is 0 Å². The fraction of sp³-hybridized carbons (Fsp3) is 0.214. The van der Waals surface area contributed by atoms with Gasteiger partial charge in [-0.2, -0.15) is 5.10 Å². The van der Waals surface area contributed by atoms with Crippen LogP contribution in [-0.4, -0.2) is 26.4 Å². The summed E-state index contributed by atoms with van der Waals surface area (Å²) in [4.78, 5) is 17.0. The summed E-state index contributed by atoms with van der Waals surface area (Å²) in [5.41, 5.74) is 1.29. The van der Waals surface area contributed by atoms with Crippen LogP contribution in [0.2, 0.25) is 0 Å². The van der Waals surface area contributed by atoms with Gasteiger partial charge in [0.05, 0.1) is 13.7 Å². The van der Waals surface area contributed by atoms with Gasteiger partial charge in [-0.15, -0.1) is 0 Å². The first-order valence-corrected chi connectivity index (χ1v) is 8.00. The molecular formula is C14H12Br2N4O2. The zero-order valence-electron chi connectivity index (χ0n) is 11.9. The molecule has 0 bridgehead atoms. The number of aryl methyl sites for hydroxylation is 1. The minimum Gasteiger partial charge on any atom is -0.496 e. The van der Waals surface area contributed by atoms with Gasteiger partial charge in [0.15, 0.2) is 5.65 Å². The molecule has 6 nitrogen and oxygen atoms in total. The molecule has 3 aromatic rings. The van der Waals surface area contributed by atoms with E-state index in [-0.39, 0.29) is 5.56 Å². The van der Waals surface area contributed by atoms with Gasteiger partial charge < -0.3 is 4.74 Å². The summed E-state index contributed by atoms with van der Waals surface area (Å²) in [7, 11) is 3.36. The third-order valence-electron chi connectivity index (χ3n) is 3.35. The Hall–Kier alpha value is -1.67. The normalized spacial score (nSPS) is 11.1. The maximum absolute atomic E-state index is 12.6. The number of benzene rings is 1. The maximum Gasteiger partial charge on any atom is 0.265 e. The third kappa shape index (κ3) is 2.56. The SMILES string of the molecule is COc1ccc(Br)cc1Cn1cnc2c(c(Br)nn2C)c1=O. The molecule has 8 heteroatoms. The largest absolute Gasteiger partial charge is 0.496 e. The van der Waals surface area contributed by atoms with E-state index in [9.17, 15) is 4.79 Å². The number of halogens is 2. The molecule has 0 spiro atoms. The molecule has 3 rings (SSSR count). The van der Waals surface area contributed by atoms with Gasteiger partial charge in [0.1, 0.15) is 22.1 Å². The molecule has 0 aliphatic heterocycles. The van der Waals surface area contributed by atoms with Crippen LogP contribution in [0.5, 0.6) is 5.75 Å². The van der Waals surface area contributed by atoms with E-state index in [1.807, 2.05) is 18.2 Å². The summed E-state index contributed by atoms with van der Waals surface area (Å²) < 4.78 is 9.88. The van der Waals surface area contributed by atoms with Crippen molar-refractivity contribution in [3.8, 4) is 5.75 Å². The predicted octanol–water partition coefficient (Wildman–Crippen LogP) is 2.71. The summed E-state index contributed by atoms with van der Waals surface area (Å²) in [6.45, 7) is 0.367. The average Bonchev–Trinajstić information content (AvgIpc) is 2.77. The van der Waals surface area contributed by atoms with Crippen molar-refractivity contribution in [1.82, 2.24) is 19.3 Å². The highest BCUT2D eigenvalue weighted by Gasteiger charge is 2.14. The Kier molecular flexibility index (Phi) is 4.05. The van der Waals surface area contributed by atoms with Crippen LogP contribution < -0.4 is 10.3 Å². The fourth-order valence-corrected chi connectivity index (χ4v) is 3.30. The second-order valence-electron chi connectivity index (χ2n) is 4.75. The van der Waals surface area contributed by atoms with Crippen LogP contribution in [0.1, 0.15) is 5.56 Å². The van der Waals surface area contributed by atoms with Gasteiger partial charge in [0, 0.05) is 17.1 Å². The topological polar surface area (TPSA) is 61.9 Å². The lowest BCUT2D eigenvalue weighted by atomic mass is 10.2. The zero-order valence-corrected chi connectivity index (χ0v) is 15.0. The molecule has 0 fully saturated rings. The summed E-state index contributed by atoms with van der Waals surface area (Å²) in [6, 6.07) is 5.68. The van der Waals surface area contributed by atoms with Gasteiger partial charge in [0.25, 0.3) is 5.56 Å². The van der Waals surface area contributed by atoms with E-state index in [4.69, 9.17) is 4.74 Å². The summed E-state index contributed by atoms with van der Waals surface area (Å²) in [6.07, 6.45) is 1.53. The van der Waals surface area contributed by atoms with Gasteiger partial charge >= 0.3 is 0 Å². The highest BCUT2D eigenvalue weighted by molar-refractivity contribution is 9.10. The predicted molar refractivity (Wildman–Crippen MR) is 90.3 cm³/mol. The number of ether oxygens (including phenoxy) is 1. The molecule has 0 saturated heterocycles. The van der Waals surface area contributed by atoms with Crippen molar-refractivity contribution in [3.63, 3.8) is 0 Å². The molecule has 2 heterocycles. The molecule has 0 amide bonds. The maximum atomic E-state index is 12.6. The van der Waals surface area contributed by atoms with Crippen molar-refractivity contribution in [2.45, 2.75) is 6.54 Å². The Morgan fingerprint density at radius 2 is 2.09 bits per heavy atom. The monoisotopic (exact) mass is 426 g/mol. The van der Waals surface area contributed by atoms with Crippen LogP contribution in [-0.2, 0) is 13.6 Å². The van der Waals surface area contributed by atoms with Crippen LogP contribution in [0.25, 0.3) is 11.0 Å². The van der Waals surface area contributed by atoms with Crippen LogP contribution in [0.4, 0.5) is 0 Å². The number of aromatic nitrogens is 4.